The second-order valence-electron chi connectivity index (χ2n) is 2.91. The molecule has 0 bridgehead atoms. The number of aliphatic hydroxyl groups excluding tert-OH is 1. The SMILES string of the molecule is CC#CCC(O)CCC(C)OC. The van der Waals surface area contributed by atoms with Gasteiger partial charge in [-0.1, -0.05) is 0 Å². The van der Waals surface area contributed by atoms with Crippen molar-refractivity contribution in [2.75, 3.05) is 7.11 Å². The summed E-state index contributed by atoms with van der Waals surface area (Å²) in [7, 11) is 1.68. The van der Waals surface area contributed by atoms with Crippen molar-refractivity contribution >= 4 is 0 Å². The van der Waals surface area contributed by atoms with Gasteiger partial charge < -0.3 is 9.84 Å². The molecule has 2 nitrogen and oxygen atoms in total. The molecule has 2 heteroatoms. The molecule has 0 aromatic heterocycles. The van der Waals surface area contributed by atoms with Gasteiger partial charge in [0, 0.05) is 13.5 Å². The molecule has 0 fully saturated rings. The molecule has 0 aromatic carbocycles. The Morgan fingerprint density at radius 2 is 2.08 bits per heavy atom. The van der Waals surface area contributed by atoms with Crippen molar-refractivity contribution in [2.45, 2.75) is 45.3 Å². The van der Waals surface area contributed by atoms with Crippen molar-refractivity contribution in [3.63, 3.8) is 0 Å². The van der Waals surface area contributed by atoms with E-state index in [1.54, 1.807) is 14.0 Å². The average molecular weight is 170 g/mol. The van der Waals surface area contributed by atoms with Crippen molar-refractivity contribution < 1.29 is 9.84 Å². The fraction of sp³-hybridized carbons (Fsp3) is 0.800. The van der Waals surface area contributed by atoms with E-state index < -0.39 is 0 Å². The van der Waals surface area contributed by atoms with Crippen LogP contribution in [0.4, 0.5) is 0 Å². The Labute approximate surface area is 74.9 Å². The van der Waals surface area contributed by atoms with Gasteiger partial charge in [-0.25, -0.2) is 0 Å². The first-order valence-electron chi connectivity index (χ1n) is 4.31. The van der Waals surface area contributed by atoms with Gasteiger partial charge in [0.1, 0.15) is 0 Å². The van der Waals surface area contributed by atoms with Gasteiger partial charge in [-0.2, -0.15) is 0 Å². The lowest BCUT2D eigenvalue weighted by molar-refractivity contribution is 0.0864. The summed E-state index contributed by atoms with van der Waals surface area (Å²) in [5.41, 5.74) is 0. The van der Waals surface area contributed by atoms with Crippen LogP contribution in [0.15, 0.2) is 0 Å². The highest BCUT2D eigenvalue weighted by molar-refractivity contribution is 4.96. The van der Waals surface area contributed by atoms with Crippen LogP contribution in [0.2, 0.25) is 0 Å². The summed E-state index contributed by atoms with van der Waals surface area (Å²) >= 11 is 0. The lowest BCUT2D eigenvalue weighted by Gasteiger charge is -2.11. The molecule has 0 spiro atoms. The maximum absolute atomic E-state index is 9.37. The van der Waals surface area contributed by atoms with E-state index in [4.69, 9.17) is 4.74 Å². The molecule has 0 rings (SSSR count). The number of hydrogen-bond acceptors (Lipinski definition) is 2. The van der Waals surface area contributed by atoms with Crippen LogP contribution in [0.25, 0.3) is 0 Å². The molecule has 2 unspecified atom stereocenters. The average Bonchev–Trinajstić information content (AvgIpc) is 2.10. The highest BCUT2D eigenvalue weighted by Crippen LogP contribution is 2.05. The second kappa shape index (κ2) is 7.15. The largest absolute Gasteiger partial charge is 0.392 e. The maximum Gasteiger partial charge on any atom is 0.0650 e. The first kappa shape index (κ1) is 11.5. The predicted octanol–water partition coefficient (Wildman–Crippen LogP) is 1.58. The number of ether oxygens (including phenoxy) is 1. The Morgan fingerprint density at radius 1 is 1.42 bits per heavy atom. The molecule has 0 amide bonds. The summed E-state index contributed by atoms with van der Waals surface area (Å²) in [5.74, 6) is 5.61. The minimum Gasteiger partial charge on any atom is -0.392 e. The summed E-state index contributed by atoms with van der Waals surface area (Å²) in [6.07, 6.45) is 2.17. The van der Waals surface area contributed by atoms with E-state index in [1.165, 1.54) is 0 Å². The van der Waals surface area contributed by atoms with Crippen LogP contribution in [-0.2, 0) is 4.74 Å². The number of methoxy groups -OCH3 is 1. The Balaban J connectivity index is 3.40. The molecule has 0 saturated carbocycles. The van der Waals surface area contributed by atoms with E-state index in [0.29, 0.717) is 6.42 Å². The smallest absolute Gasteiger partial charge is 0.0650 e. The normalized spacial score (nSPS) is 14.7. The van der Waals surface area contributed by atoms with Crippen LogP contribution in [-0.4, -0.2) is 24.4 Å². The zero-order valence-electron chi connectivity index (χ0n) is 8.13. The first-order valence-corrected chi connectivity index (χ1v) is 4.31. The summed E-state index contributed by atoms with van der Waals surface area (Å²) < 4.78 is 5.06. The summed E-state index contributed by atoms with van der Waals surface area (Å²) in [6.45, 7) is 3.78. The van der Waals surface area contributed by atoms with E-state index in [2.05, 4.69) is 11.8 Å². The Morgan fingerprint density at radius 3 is 2.58 bits per heavy atom. The zero-order valence-corrected chi connectivity index (χ0v) is 8.13. The number of hydrogen-bond donors (Lipinski definition) is 1. The molecule has 2 atom stereocenters. The zero-order chi connectivity index (χ0) is 9.40. The van der Waals surface area contributed by atoms with Gasteiger partial charge in [0.25, 0.3) is 0 Å². The van der Waals surface area contributed by atoms with Crippen LogP contribution in [0, 0.1) is 11.8 Å². The fourth-order valence-electron chi connectivity index (χ4n) is 0.867. The van der Waals surface area contributed by atoms with Crippen LogP contribution >= 0.6 is 0 Å². The molecule has 0 aliphatic heterocycles. The molecule has 0 aromatic rings. The van der Waals surface area contributed by atoms with E-state index >= 15 is 0 Å². The van der Waals surface area contributed by atoms with Crippen LogP contribution in [0.3, 0.4) is 0 Å². The van der Waals surface area contributed by atoms with Gasteiger partial charge in [0.05, 0.1) is 12.2 Å². The topological polar surface area (TPSA) is 29.5 Å². The van der Waals surface area contributed by atoms with Gasteiger partial charge in [0.2, 0.25) is 0 Å². The van der Waals surface area contributed by atoms with Crippen LogP contribution < -0.4 is 0 Å². The Hall–Kier alpha value is -0.520. The minimum atomic E-state index is -0.296. The lowest BCUT2D eigenvalue weighted by Crippen LogP contribution is -2.11. The van der Waals surface area contributed by atoms with Crippen molar-refractivity contribution in [3.8, 4) is 11.8 Å². The molecule has 12 heavy (non-hydrogen) atoms. The van der Waals surface area contributed by atoms with Crippen molar-refractivity contribution in [1.29, 1.82) is 0 Å². The maximum atomic E-state index is 9.37. The van der Waals surface area contributed by atoms with E-state index in [0.717, 1.165) is 12.8 Å². The summed E-state index contributed by atoms with van der Waals surface area (Å²) in [4.78, 5) is 0. The Kier molecular flexibility index (Phi) is 6.84. The fourth-order valence-corrected chi connectivity index (χ4v) is 0.867. The molecular weight excluding hydrogens is 152 g/mol. The molecule has 70 valence electrons. The molecule has 1 N–H and O–H groups in total. The molecule has 0 aliphatic carbocycles. The molecule has 0 heterocycles. The second-order valence-corrected chi connectivity index (χ2v) is 2.91. The van der Waals surface area contributed by atoms with Crippen molar-refractivity contribution in [2.24, 2.45) is 0 Å². The third-order valence-electron chi connectivity index (χ3n) is 1.82. The third-order valence-corrected chi connectivity index (χ3v) is 1.82. The van der Waals surface area contributed by atoms with Gasteiger partial charge in [-0.05, 0) is 26.7 Å². The number of aliphatic hydroxyl groups is 1. The molecule has 0 radical (unpaired) electrons. The quantitative estimate of drug-likeness (QED) is 0.635. The lowest BCUT2D eigenvalue weighted by atomic mass is 10.1. The first-order chi connectivity index (χ1) is 5.70. The van der Waals surface area contributed by atoms with Crippen LogP contribution in [0.5, 0.6) is 0 Å². The van der Waals surface area contributed by atoms with E-state index in [9.17, 15) is 5.11 Å². The highest BCUT2D eigenvalue weighted by atomic mass is 16.5. The molecular formula is C10H18O2. The van der Waals surface area contributed by atoms with Crippen molar-refractivity contribution in [3.05, 3.63) is 0 Å². The van der Waals surface area contributed by atoms with Gasteiger partial charge >= 0.3 is 0 Å². The summed E-state index contributed by atoms with van der Waals surface area (Å²) in [5, 5.41) is 9.37. The van der Waals surface area contributed by atoms with Gasteiger partial charge in [0.15, 0.2) is 0 Å². The third kappa shape index (κ3) is 6.21. The monoisotopic (exact) mass is 170 g/mol. The van der Waals surface area contributed by atoms with Gasteiger partial charge in [-0.3, -0.25) is 0 Å². The van der Waals surface area contributed by atoms with Gasteiger partial charge in [-0.15, -0.1) is 11.8 Å². The van der Waals surface area contributed by atoms with Crippen LogP contribution in [0.1, 0.15) is 33.1 Å². The number of rotatable bonds is 5. The molecule has 0 aliphatic rings. The predicted molar refractivity (Wildman–Crippen MR) is 49.8 cm³/mol. The van der Waals surface area contributed by atoms with E-state index in [1.807, 2.05) is 6.92 Å². The Bertz CT molecular complexity index is 155. The van der Waals surface area contributed by atoms with Crippen molar-refractivity contribution in [1.82, 2.24) is 0 Å². The standard InChI is InChI=1S/C10H18O2/c1-4-5-6-10(11)8-7-9(2)12-3/h9-11H,6-8H2,1-3H3. The highest BCUT2D eigenvalue weighted by Gasteiger charge is 2.05. The van der Waals surface area contributed by atoms with E-state index in [-0.39, 0.29) is 12.2 Å². The minimum absolute atomic E-state index is 0.231. The molecule has 0 saturated heterocycles. The summed E-state index contributed by atoms with van der Waals surface area (Å²) in [6, 6.07) is 0.